The molecular weight excluding hydrogens is 308 g/mol. The maximum absolute atomic E-state index is 12.2. The highest BCUT2D eigenvalue weighted by atomic mass is 32.2. The summed E-state index contributed by atoms with van der Waals surface area (Å²) in [6.45, 7) is 2.53. The molecule has 2 aromatic heterocycles. The maximum Gasteiger partial charge on any atom is 0.324 e. The number of carbonyl (C=O) groups excluding carboxylic acids is 2. The van der Waals surface area contributed by atoms with Gasteiger partial charge in [-0.25, -0.2) is 9.47 Å². The molecule has 0 bridgehead atoms. The number of hydrogen-bond acceptors (Lipinski definition) is 7. The lowest BCUT2D eigenvalue weighted by Crippen LogP contribution is -2.39. The van der Waals surface area contributed by atoms with Crippen molar-refractivity contribution in [3.8, 4) is 11.6 Å². The van der Waals surface area contributed by atoms with Crippen LogP contribution in [0.25, 0.3) is 11.6 Å². The molecule has 1 saturated heterocycles. The number of rotatable bonds is 4. The highest BCUT2D eigenvalue weighted by Gasteiger charge is 2.31. The van der Waals surface area contributed by atoms with Crippen LogP contribution in [0.3, 0.4) is 0 Å². The Morgan fingerprint density at radius 2 is 2.36 bits per heavy atom. The van der Waals surface area contributed by atoms with Crippen molar-refractivity contribution in [1.82, 2.24) is 25.1 Å². The lowest BCUT2D eigenvalue weighted by Gasteiger charge is -2.16. The molecule has 1 aliphatic heterocycles. The van der Waals surface area contributed by atoms with E-state index in [1.165, 1.54) is 15.8 Å². The van der Waals surface area contributed by atoms with Crippen molar-refractivity contribution in [1.29, 1.82) is 0 Å². The van der Waals surface area contributed by atoms with E-state index < -0.39 is 5.25 Å². The second kappa shape index (κ2) is 5.72. The smallest absolute Gasteiger partial charge is 0.324 e. The van der Waals surface area contributed by atoms with Crippen LogP contribution in [0.1, 0.15) is 6.92 Å². The molecule has 0 radical (unpaired) electrons. The van der Waals surface area contributed by atoms with Crippen molar-refractivity contribution in [2.75, 3.05) is 18.9 Å². The van der Waals surface area contributed by atoms with E-state index in [0.717, 1.165) is 11.8 Å². The molecule has 0 saturated carbocycles. The Kier molecular flexibility index (Phi) is 3.75. The van der Waals surface area contributed by atoms with Gasteiger partial charge in [0.25, 0.3) is 0 Å². The number of urea groups is 1. The SMILES string of the molecule is CC(Sc1nnc(-c2ccco2)n1N)C(=O)N1CCNC1=O. The molecule has 1 aliphatic rings. The molecule has 3 rings (SSSR count). The van der Waals surface area contributed by atoms with Gasteiger partial charge in [-0.05, 0) is 19.1 Å². The summed E-state index contributed by atoms with van der Waals surface area (Å²) in [6.07, 6.45) is 1.51. The summed E-state index contributed by atoms with van der Waals surface area (Å²) in [6, 6.07) is 3.06. The highest BCUT2D eigenvalue weighted by Crippen LogP contribution is 2.26. The molecule has 116 valence electrons. The number of nitrogens with two attached hydrogens (primary N) is 1. The summed E-state index contributed by atoms with van der Waals surface area (Å²) in [5.74, 6) is 6.49. The molecule has 1 atom stereocenters. The first-order valence-corrected chi connectivity index (χ1v) is 7.46. The van der Waals surface area contributed by atoms with Crippen LogP contribution in [0.4, 0.5) is 4.79 Å². The van der Waals surface area contributed by atoms with E-state index in [-0.39, 0.29) is 11.9 Å². The van der Waals surface area contributed by atoms with Gasteiger partial charge in [0.1, 0.15) is 0 Å². The fourth-order valence-electron chi connectivity index (χ4n) is 2.04. The van der Waals surface area contributed by atoms with Crippen LogP contribution in [-0.4, -0.2) is 50.1 Å². The minimum atomic E-state index is -0.514. The molecule has 22 heavy (non-hydrogen) atoms. The Balaban J connectivity index is 1.73. The lowest BCUT2D eigenvalue weighted by molar-refractivity contribution is -0.126. The van der Waals surface area contributed by atoms with Crippen LogP contribution in [0, 0.1) is 0 Å². The van der Waals surface area contributed by atoms with Gasteiger partial charge < -0.3 is 15.6 Å². The van der Waals surface area contributed by atoms with Crippen LogP contribution in [0.2, 0.25) is 0 Å². The first-order chi connectivity index (χ1) is 10.6. The average Bonchev–Trinajstić information content (AvgIpc) is 3.21. The molecule has 3 N–H and O–H groups in total. The molecule has 9 nitrogen and oxygen atoms in total. The summed E-state index contributed by atoms with van der Waals surface area (Å²) in [5.41, 5.74) is 0. The molecule has 1 fully saturated rings. The van der Waals surface area contributed by atoms with E-state index in [1.807, 2.05) is 0 Å². The molecule has 0 aliphatic carbocycles. The zero-order valence-corrected chi connectivity index (χ0v) is 12.5. The number of nitrogen functional groups attached to an aromatic ring is 1. The molecule has 2 aromatic rings. The van der Waals surface area contributed by atoms with Crippen LogP contribution < -0.4 is 11.2 Å². The summed E-state index contributed by atoms with van der Waals surface area (Å²) in [7, 11) is 0. The molecule has 3 heterocycles. The predicted octanol–water partition coefficient (Wildman–Crippen LogP) is 0.284. The topological polar surface area (TPSA) is 119 Å². The van der Waals surface area contributed by atoms with E-state index in [2.05, 4.69) is 15.5 Å². The molecule has 10 heteroatoms. The monoisotopic (exact) mass is 322 g/mol. The number of imide groups is 1. The largest absolute Gasteiger partial charge is 0.461 e. The summed E-state index contributed by atoms with van der Waals surface area (Å²) in [4.78, 5) is 24.9. The van der Waals surface area contributed by atoms with Gasteiger partial charge in [-0.1, -0.05) is 11.8 Å². The number of thioether (sulfide) groups is 1. The molecule has 0 aromatic carbocycles. The van der Waals surface area contributed by atoms with Gasteiger partial charge in [-0.15, -0.1) is 10.2 Å². The molecular formula is C12H14N6O3S. The average molecular weight is 322 g/mol. The summed E-state index contributed by atoms with van der Waals surface area (Å²) in [5, 5.41) is 10.4. The highest BCUT2D eigenvalue weighted by molar-refractivity contribution is 8.00. The van der Waals surface area contributed by atoms with Gasteiger partial charge in [-0.2, -0.15) is 0 Å². The summed E-state index contributed by atoms with van der Waals surface area (Å²) < 4.78 is 6.48. The Bertz CT molecular complexity index is 698. The van der Waals surface area contributed by atoms with Crippen molar-refractivity contribution in [3.05, 3.63) is 18.4 Å². The van der Waals surface area contributed by atoms with Crippen LogP contribution in [0.5, 0.6) is 0 Å². The van der Waals surface area contributed by atoms with Crippen molar-refractivity contribution < 1.29 is 14.0 Å². The van der Waals surface area contributed by atoms with Gasteiger partial charge in [-0.3, -0.25) is 9.69 Å². The number of carbonyl (C=O) groups is 2. The Hall–Kier alpha value is -2.49. The van der Waals surface area contributed by atoms with Gasteiger partial charge in [0.05, 0.1) is 11.5 Å². The minimum absolute atomic E-state index is 0.289. The third kappa shape index (κ3) is 2.52. The van der Waals surface area contributed by atoms with E-state index in [4.69, 9.17) is 10.3 Å². The Labute approximate surface area is 129 Å². The maximum atomic E-state index is 12.2. The van der Waals surface area contributed by atoms with Crippen LogP contribution in [-0.2, 0) is 4.79 Å². The van der Waals surface area contributed by atoms with Crippen LogP contribution in [0.15, 0.2) is 28.0 Å². The normalized spacial score (nSPS) is 15.9. The Morgan fingerprint density at radius 3 is 3.00 bits per heavy atom. The number of furan rings is 1. The number of nitrogens with one attached hydrogen (secondary N) is 1. The number of aromatic nitrogens is 3. The number of nitrogens with zero attached hydrogens (tertiary/aromatic N) is 4. The number of hydrogen-bond donors (Lipinski definition) is 2. The zero-order chi connectivity index (χ0) is 15.7. The van der Waals surface area contributed by atoms with Gasteiger partial charge >= 0.3 is 6.03 Å². The standard InChI is InChI=1S/C12H14N6O3S/c1-7(10(19)17-5-4-14-11(17)20)22-12-16-15-9(18(12)13)8-3-2-6-21-8/h2-3,6-7H,4-5,13H2,1H3,(H,14,20). The fourth-order valence-corrected chi connectivity index (χ4v) is 2.87. The zero-order valence-electron chi connectivity index (χ0n) is 11.7. The molecule has 0 spiro atoms. The van der Waals surface area contributed by atoms with Gasteiger partial charge in [0.2, 0.25) is 16.9 Å². The van der Waals surface area contributed by atoms with Crippen LogP contribution >= 0.6 is 11.8 Å². The second-order valence-corrected chi connectivity index (χ2v) is 5.94. The first kappa shape index (κ1) is 14.4. The Morgan fingerprint density at radius 1 is 1.55 bits per heavy atom. The van der Waals surface area contributed by atoms with Crippen molar-refractivity contribution in [3.63, 3.8) is 0 Å². The van der Waals surface area contributed by atoms with E-state index in [0.29, 0.717) is 29.8 Å². The van der Waals surface area contributed by atoms with E-state index >= 15 is 0 Å². The molecule has 1 unspecified atom stereocenters. The second-order valence-electron chi connectivity index (χ2n) is 4.64. The van der Waals surface area contributed by atoms with Crippen molar-refractivity contribution in [2.24, 2.45) is 0 Å². The lowest BCUT2D eigenvalue weighted by atomic mass is 10.4. The quantitative estimate of drug-likeness (QED) is 0.613. The van der Waals surface area contributed by atoms with E-state index in [1.54, 1.807) is 19.1 Å². The minimum Gasteiger partial charge on any atom is -0.461 e. The number of amides is 3. The third-order valence-corrected chi connectivity index (χ3v) is 4.20. The fraction of sp³-hybridized carbons (Fsp3) is 0.333. The van der Waals surface area contributed by atoms with Crippen molar-refractivity contribution >= 4 is 23.7 Å². The predicted molar refractivity (Wildman–Crippen MR) is 78.3 cm³/mol. The first-order valence-electron chi connectivity index (χ1n) is 6.58. The van der Waals surface area contributed by atoms with Gasteiger partial charge in [0.15, 0.2) is 5.76 Å². The van der Waals surface area contributed by atoms with Gasteiger partial charge in [0, 0.05) is 13.1 Å². The summed E-state index contributed by atoms with van der Waals surface area (Å²) >= 11 is 1.14. The van der Waals surface area contributed by atoms with E-state index in [9.17, 15) is 9.59 Å². The molecule has 3 amide bonds. The third-order valence-electron chi connectivity index (χ3n) is 3.16. The van der Waals surface area contributed by atoms with Crippen molar-refractivity contribution in [2.45, 2.75) is 17.3 Å².